The first-order valence-corrected chi connectivity index (χ1v) is 10.6. The topological polar surface area (TPSA) is 72.3 Å². The van der Waals surface area contributed by atoms with E-state index >= 15 is 0 Å². The second-order valence-corrected chi connectivity index (χ2v) is 9.02. The lowest BCUT2D eigenvalue weighted by atomic mass is 9.98. The number of anilines is 1. The summed E-state index contributed by atoms with van der Waals surface area (Å²) in [7, 11) is 2.07. The van der Waals surface area contributed by atoms with E-state index in [2.05, 4.69) is 22.2 Å². The van der Waals surface area contributed by atoms with Gasteiger partial charge in [-0.3, -0.25) is 14.4 Å². The van der Waals surface area contributed by atoms with Crippen molar-refractivity contribution in [2.24, 2.45) is 0 Å². The molecular weight excluding hydrogens is 409 g/mol. The monoisotopic (exact) mass is 437 g/mol. The SMILES string of the molecule is CN1CCn2nc(-c3ccc(F)cc3)c(-c3ccnc(NC(=O)COC(C)(C)C)c3)c2C1. The highest BCUT2D eigenvalue weighted by Gasteiger charge is 2.25. The van der Waals surface area contributed by atoms with Crippen molar-refractivity contribution in [3.05, 3.63) is 54.1 Å². The highest BCUT2D eigenvalue weighted by Crippen LogP contribution is 2.37. The van der Waals surface area contributed by atoms with Gasteiger partial charge in [-0.1, -0.05) is 0 Å². The first kappa shape index (κ1) is 22.1. The molecule has 0 saturated heterocycles. The van der Waals surface area contributed by atoms with Crippen LogP contribution in [0.4, 0.5) is 10.2 Å². The maximum atomic E-state index is 13.5. The number of rotatable bonds is 5. The van der Waals surface area contributed by atoms with Crippen LogP contribution in [0.5, 0.6) is 0 Å². The van der Waals surface area contributed by atoms with Gasteiger partial charge < -0.3 is 10.1 Å². The number of halogens is 1. The van der Waals surface area contributed by atoms with Gasteiger partial charge in [-0.2, -0.15) is 5.10 Å². The van der Waals surface area contributed by atoms with Crippen molar-refractivity contribution in [1.82, 2.24) is 19.7 Å². The molecule has 0 radical (unpaired) electrons. The molecule has 4 rings (SSSR count). The third kappa shape index (κ3) is 5.03. The van der Waals surface area contributed by atoms with E-state index in [0.29, 0.717) is 5.82 Å². The third-order valence-electron chi connectivity index (χ3n) is 5.24. The van der Waals surface area contributed by atoms with Gasteiger partial charge in [-0.25, -0.2) is 9.37 Å². The summed E-state index contributed by atoms with van der Waals surface area (Å²) in [5.41, 5.74) is 4.16. The van der Waals surface area contributed by atoms with Gasteiger partial charge in [0.25, 0.3) is 5.91 Å². The van der Waals surface area contributed by atoms with Crippen LogP contribution in [-0.2, 0) is 22.6 Å². The maximum absolute atomic E-state index is 13.5. The van der Waals surface area contributed by atoms with E-state index in [1.54, 1.807) is 18.3 Å². The lowest BCUT2D eigenvalue weighted by molar-refractivity contribution is -0.125. The van der Waals surface area contributed by atoms with Crippen molar-refractivity contribution in [2.45, 2.75) is 39.5 Å². The normalized spacial score (nSPS) is 14.3. The summed E-state index contributed by atoms with van der Waals surface area (Å²) in [6, 6.07) is 10.1. The Morgan fingerprint density at radius 2 is 1.91 bits per heavy atom. The molecule has 0 fully saturated rings. The van der Waals surface area contributed by atoms with Crippen LogP contribution in [0.2, 0.25) is 0 Å². The van der Waals surface area contributed by atoms with Crippen LogP contribution in [0.25, 0.3) is 22.4 Å². The number of hydrogen-bond donors (Lipinski definition) is 1. The summed E-state index contributed by atoms with van der Waals surface area (Å²) in [6.07, 6.45) is 1.67. The number of ether oxygens (including phenoxy) is 1. The van der Waals surface area contributed by atoms with E-state index in [1.807, 2.05) is 37.6 Å². The standard InChI is InChI=1S/C24H28FN5O2/c1-24(2,3)32-15-21(31)27-20-13-17(9-10-26-20)22-19-14-29(4)11-12-30(19)28-23(22)16-5-7-18(25)8-6-16/h5-10,13H,11-12,14-15H2,1-4H3,(H,26,27,31). The molecule has 0 aliphatic carbocycles. The van der Waals surface area contributed by atoms with Crippen molar-refractivity contribution >= 4 is 11.7 Å². The zero-order valence-corrected chi connectivity index (χ0v) is 18.9. The molecule has 1 N–H and O–H groups in total. The Kier molecular flexibility index (Phi) is 6.08. The Labute approximate surface area is 187 Å². The van der Waals surface area contributed by atoms with Gasteiger partial charge in [-0.15, -0.1) is 0 Å². The zero-order chi connectivity index (χ0) is 22.9. The van der Waals surface area contributed by atoms with Crippen LogP contribution < -0.4 is 5.32 Å². The number of amides is 1. The molecule has 2 aromatic heterocycles. The summed E-state index contributed by atoms with van der Waals surface area (Å²) >= 11 is 0. The smallest absolute Gasteiger partial charge is 0.251 e. The minimum absolute atomic E-state index is 0.0514. The number of nitrogens with one attached hydrogen (secondary N) is 1. The Hall–Kier alpha value is -3.10. The van der Waals surface area contributed by atoms with Gasteiger partial charge in [0, 0.05) is 30.4 Å². The van der Waals surface area contributed by atoms with Crippen LogP contribution >= 0.6 is 0 Å². The lowest BCUT2D eigenvalue weighted by Gasteiger charge is -2.24. The highest BCUT2D eigenvalue weighted by molar-refractivity contribution is 5.92. The molecular formula is C24H28FN5O2. The van der Waals surface area contributed by atoms with Crippen LogP contribution in [0, 0.1) is 5.82 Å². The predicted molar refractivity (Wildman–Crippen MR) is 122 cm³/mol. The molecule has 3 heterocycles. The number of carbonyl (C=O) groups is 1. The van der Waals surface area contributed by atoms with Crippen molar-refractivity contribution in [2.75, 3.05) is 25.5 Å². The number of benzene rings is 1. The fourth-order valence-corrected chi connectivity index (χ4v) is 3.67. The average molecular weight is 438 g/mol. The largest absolute Gasteiger partial charge is 0.366 e. The zero-order valence-electron chi connectivity index (χ0n) is 18.9. The molecule has 1 aliphatic rings. The predicted octanol–water partition coefficient (Wildman–Crippen LogP) is 3.95. The molecule has 32 heavy (non-hydrogen) atoms. The quantitative estimate of drug-likeness (QED) is 0.654. The molecule has 1 amide bonds. The summed E-state index contributed by atoms with van der Waals surface area (Å²) in [5, 5.41) is 7.66. The number of pyridine rings is 1. The molecule has 0 saturated carbocycles. The third-order valence-corrected chi connectivity index (χ3v) is 5.24. The summed E-state index contributed by atoms with van der Waals surface area (Å²) in [4.78, 5) is 18.9. The van der Waals surface area contributed by atoms with Gasteiger partial charge >= 0.3 is 0 Å². The molecule has 8 heteroatoms. The van der Waals surface area contributed by atoms with Crippen LogP contribution in [0.1, 0.15) is 26.5 Å². The fraction of sp³-hybridized carbons (Fsp3) is 0.375. The van der Waals surface area contributed by atoms with E-state index in [1.165, 1.54) is 12.1 Å². The van der Waals surface area contributed by atoms with E-state index in [4.69, 9.17) is 9.84 Å². The minimum atomic E-state index is -0.403. The van der Waals surface area contributed by atoms with E-state index < -0.39 is 5.60 Å². The van der Waals surface area contributed by atoms with Crippen LogP contribution in [0.3, 0.4) is 0 Å². The lowest BCUT2D eigenvalue weighted by Crippen LogP contribution is -2.30. The Bertz CT molecular complexity index is 1120. The van der Waals surface area contributed by atoms with Crippen LogP contribution in [0.15, 0.2) is 42.6 Å². The Morgan fingerprint density at radius 3 is 2.62 bits per heavy atom. The van der Waals surface area contributed by atoms with Gasteiger partial charge in [0.15, 0.2) is 0 Å². The number of fused-ring (bicyclic) bond motifs is 1. The summed E-state index contributed by atoms with van der Waals surface area (Å²) in [6.45, 7) is 8.07. The maximum Gasteiger partial charge on any atom is 0.251 e. The molecule has 1 aromatic carbocycles. The molecule has 3 aromatic rings. The van der Waals surface area contributed by atoms with Gasteiger partial charge in [0.1, 0.15) is 23.9 Å². The molecule has 1 aliphatic heterocycles. The Balaban J connectivity index is 1.70. The Morgan fingerprint density at radius 1 is 1.16 bits per heavy atom. The second-order valence-electron chi connectivity index (χ2n) is 9.02. The second kappa shape index (κ2) is 8.80. The summed E-state index contributed by atoms with van der Waals surface area (Å²) < 4.78 is 21.1. The van der Waals surface area contributed by atoms with Crippen LogP contribution in [-0.4, -0.2) is 51.4 Å². The molecule has 0 unspecified atom stereocenters. The van der Waals surface area contributed by atoms with Gasteiger partial charge in [0.05, 0.1) is 17.8 Å². The van der Waals surface area contributed by atoms with Crippen molar-refractivity contribution in [1.29, 1.82) is 0 Å². The van der Waals surface area contributed by atoms with E-state index in [9.17, 15) is 9.18 Å². The molecule has 7 nitrogen and oxygen atoms in total. The van der Waals surface area contributed by atoms with E-state index in [0.717, 1.165) is 47.7 Å². The number of aromatic nitrogens is 3. The van der Waals surface area contributed by atoms with Crippen molar-refractivity contribution in [3.63, 3.8) is 0 Å². The molecule has 168 valence electrons. The molecule has 0 atom stereocenters. The van der Waals surface area contributed by atoms with Crippen molar-refractivity contribution < 1.29 is 13.9 Å². The van der Waals surface area contributed by atoms with Crippen molar-refractivity contribution in [3.8, 4) is 22.4 Å². The molecule has 0 spiro atoms. The average Bonchev–Trinajstić information content (AvgIpc) is 3.11. The number of carbonyl (C=O) groups excluding carboxylic acids is 1. The highest BCUT2D eigenvalue weighted by atomic mass is 19.1. The minimum Gasteiger partial charge on any atom is -0.366 e. The van der Waals surface area contributed by atoms with Gasteiger partial charge in [-0.05, 0) is 69.8 Å². The first-order valence-electron chi connectivity index (χ1n) is 10.6. The van der Waals surface area contributed by atoms with Gasteiger partial charge in [0.2, 0.25) is 0 Å². The molecule has 0 bridgehead atoms. The summed E-state index contributed by atoms with van der Waals surface area (Å²) in [5.74, 6) is -0.107. The number of likely N-dealkylation sites (N-methyl/N-ethyl adjacent to an activating group) is 1. The number of nitrogens with zero attached hydrogens (tertiary/aromatic N) is 4. The first-order chi connectivity index (χ1) is 15.2. The fourth-order valence-electron chi connectivity index (χ4n) is 3.67. The number of hydrogen-bond acceptors (Lipinski definition) is 5. The van der Waals surface area contributed by atoms with E-state index in [-0.39, 0.29) is 18.3 Å².